The van der Waals surface area contributed by atoms with Gasteiger partial charge in [0.1, 0.15) is 0 Å². The smallest absolute Gasteiger partial charge is 0.0619 e. The number of hydrogen-bond donors (Lipinski definition) is 1. The molecule has 0 aromatic heterocycles. The molecule has 20 heavy (non-hydrogen) atoms. The highest BCUT2D eigenvalue weighted by Gasteiger charge is 2.22. The highest BCUT2D eigenvalue weighted by atomic mass is 16.5. The molecule has 0 saturated carbocycles. The maximum absolute atomic E-state index is 5.76. The number of hydrogen-bond acceptors (Lipinski definition) is 2. The third-order valence-corrected chi connectivity index (χ3v) is 4.22. The van der Waals surface area contributed by atoms with Crippen molar-refractivity contribution in [2.75, 3.05) is 19.8 Å². The van der Waals surface area contributed by atoms with Crippen LogP contribution in [0.15, 0.2) is 24.3 Å². The van der Waals surface area contributed by atoms with Crippen molar-refractivity contribution in [3.63, 3.8) is 0 Å². The minimum absolute atomic E-state index is 0.489. The van der Waals surface area contributed by atoms with E-state index in [1.807, 2.05) is 0 Å². The molecule has 2 nitrogen and oxygen atoms in total. The average Bonchev–Trinajstić information content (AvgIpc) is 2.48. The minimum atomic E-state index is 0.489. The topological polar surface area (TPSA) is 21.3 Å². The summed E-state index contributed by atoms with van der Waals surface area (Å²) < 4.78 is 5.76. The lowest BCUT2D eigenvalue weighted by molar-refractivity contribution is 0.107. The van der Waals surface area contributed by atoms with Crippen molar-refractivity contribution in [1.82, 2.24) is 5.32 Å². The van der Waals surface area contributed by atoms with Crippen LogP contribution in [0.1, 0.15) is 56.6 Å². The Balaban J connectivity index is 1.96. The van der Waals surface area contributed by atoms with Crippen LogP contribution in [-0.2, 0) is 11.2 Å². The van der Waals surface area contributed by atoms with E-state index in [9.17, 15) is 0 Å². The molecule has 1 aromatic carbocycles. The molecule has 2 heteroatoms. The van der Waals surface area contributed by atoms with Crippen molar-refractivity contribution in [2.45, 2.75) is 57.9 Å². The highest BCUT2D eigenvalue weighted by molar-refractivity contribution is 5.32. The Morgan fingerprint density at radius 1 is 1.30 bits per heavy atom. The van der Waals surface area contributed by atoms with Crippen LogP contribution < -0.4 is 5.32 Å². The van der Waals surface area contributed by atoms with Crippen molar-refractivity contribution in [3.05, 3.63) is 35.4 Å². The molecular formula is C18H29NO. The van der Waals surface area contributed by atoms with E-state index in [-0.39, 0.29) is 0 Å². The van der Waals surface area contributed by atoms with Crippen molar-refractivity contribution in [2.24, 2.45) is 0 Å². The van der Waals surface area contributed by atoms with Gasteiger partial charge in [-0.3, -0.25) is 0 Å². The first-order valence-corrected chi connectivity index (χ1v) is 8.24. The summed E-state index contributed by atoms with van der Waals surface area (Å²) in [5.74, 6) is 0.703. The van der Waals surface area contributed by atoms with Crippen LogP contribution in [0.4, 0.5) is 0 Å². The van der Waals surface area contributed by atoms with Crippen molar-refractivity contribution in [1.29, 1.82) is 0 Å². The quantitative estimate of drug-likeness (QED) is 0.727. The predicted octanol–water partition coefficient (Wildman–Crippen LogP) is 3.90. The third kappa shape index (κ3) is 4.32. The largest absolute Gasteiger partial charge is 0.380 e. The van der Waals surface area contributed by atoms with E-state index in [4.69, 9.17) is 4.74 Å². The van der Waals surface area contributed by atoms with Crippen LogP contribution in [0.5, 0.6) is 0 Å². The molecule has 1 aliphatic rings. The lowest BCUT2D eigenvalue weighted by Crippen LogP contribution is -2.35. The molecule has 0 spiro atoms. The Bertz CT molecular complexity index is 391. The summed E-state index contributed by atoms with van der Waals surface area (Å²) in [7, 11) is 0. The van der Waals surface area contributed by atoms with Crippen LogP contribution >= 0.6 is 0 Å². The molecular weight excluding hydrogens is 246 g/mol. The van der Waals surface area contributed by atoms with Gasteiger partial charge in [0.15, 0.2) is 0 Å². The second-order valence-corrected chi connectivity index (χ2v) is 5.85. The van der Waals surface area contributed by atoms with E-state index in [2.05, 4.69) is 43.4 Å². The SMILES string of the molecule is CCCOCC(CC1CCCc2ccccc21)NCC. The first kappa shape index (κ1) is 15.5. The zero-order valence-electron chi connectivity index (χ0n) is 13.0. The summed E-state index contributed by atoms with van der Waals surface area (Å²) in [4.78, 5) is 0. The van der Waals surface area contributed by atoms with Crippen molar-refractivity contribution in [3.8, 4) is 0 Å². The molecule has 0 radical (unpaired) electrons. The predicted molar refractivity (Wildman–Crippen MR) is 85.3 cm³/mol. The summed E-state index contributed by atoms with van der Waals surface area (Å²) in [6.45, 7) is 7.10. The Kier molecular flexibility index (Phi) is 6.55. The zero-order chi connectivity index (χ0) is 14.2. The molecule has 0 amide bonds. The molecule has 2 unspecified atom stereocenters. The van der Waals surface area contributed by atoms with E-state index in [1.165, 1.54) is 25.7 Å². The summed E-state index contributed by atoms with van der Waals surface area (Å²) in [5.41, 5.74) is 3.14. The highest BCUT2D eigenvalue weighted by Crippen LogP contribution is 2.34. The number of benzene rings is 1. The molecule has 0 saturated heterocycles. The van der Waals surface area contributed by atoms with Gasteiger partial charge < -0.3 is 10.1 Å². The van der Waals surface area contributed by atoms with Crippen LogP contribution in [-0.4, -0.2) is 25.8 Å². The fourth-order valence-corrected chi connectivity index (χ4v) is 3.31. The number of ether oxygens (including phenoxy) is 1. The number of fused-ring (bicyclic) bond motifs is 1. The number of aryl methyl sites for hydroxylation is 1. The lowest BCUT2D eigenvalue weighted by atomic mass is 9.79. The molecule has 112 valence electrons. The molecule has 2 atom stereocenters. The normalized spacial score (nSPS) is 19.6. The fraction of sp³-hybridized carbons (Fsp3) is 0.667. The van der Waals surface area contributed by atoms with Gasteiger partial charge in [-0.1, -0.05) is 38.1 Å². The lowest BCUT2D eigenvalue weighted by Gasteiger charge is -2.29. The van der Waals surface area contributed by atoms with Gasteiger partial charge in [0.2, 0.25) is 0 Å². The van der Waals surface area contributed by atoms with Crippen LogP contribution in [0.25, 0.3) is 0 Å². The van der Waals surface area contributed by atoms with Crippen molar-refractivity contribution < 1.29 is 4.74 Å². The zero-order valence-corrected chi connectivity index (χ0v) is 13.0. The average molecular weight is 275 g/mol. The standard InChI is InChI=1S/C18H29NO/c1-3-12-20-14-17(19-4-2)13-16-10-7-9-15-8-5-6-11-18(15)16/h5-6,8,11,16-17,19H,3-4,7,9-10,12-14H2,1-2H3. The van der Waals surface area contributed by atoms with Crippen molar-refractivity contribution >= 4 is 0 Å². The van der Waals surface area contributed by atoms with Gasteiger partial charge in [-0.2, -0.15) is 0 Å². The maximum Gasteiger partial charge on any atom is 0.0619 e. The van der Waals surface area contributed by atoms with Crippen LogP contribution in [0.2, 0.25) is 0 Å². The fourth-order valence-electron chi connectivity index (χ4n) is 3.31. The first-order valence-electron chi connectivity index (χ1n) is 8.24. The summed E-state index contributed by atoms with van der Waals surface area (Å²) in [6, 6.07) is 9.48. The van der Waals surface area contributed by atoms with Gasteiger partial charge in [0.25, 0.3) is 0 Å². The molecule has 1 aromatic rings. The third-order valence-electron chi connectivity index (χ3n) is 4.22. The molecule has 0 bridgehead atoms. The van der Waals surface area contributed by atoms with Gasteiger partial charge in [-0.05, 0) is 55.7 Å². The Hall–Kier alpha value is -0.860. The van der Waals surface area contributed by atoms with E-state index in [1.54, 1.807) is 11.1 Å². The summed E-state index contributed by atoms with van der Waals surface area (Å²) >= 11 is 0. The first-order chi connectivity index (χ1) is 9.85. The number of likely N-dealkylation sites (N-methyl/N-ethyl adjacent to an activating group) is 1. The monoisotopic (exact) mass is 275 g/mol. The van der Waals surface area contributed by atoms with Crippen LogP contribution in [0.3, 0.4) is 0 Å². The second kappa shape index (κ2) is 8.43. The summed E-state index contributed by atoms with van der Waals surface area (Å²) in [5, 5.41) is 3.59. The Labute approximate surface area is 123 Å². The van der Waals surface area contributed by atoms with Crippen LogP contribution in [0, 0.1) is 0 Å². The van der Waals surface area contributed by atoms with Gasteiger partial charge in [-0.15, -0.1) is 0 Å². The van der Waals surface area contributed by atoms with Gasteiger partial charge in [0, 0.05) is 12.6 Å². The summed E-state index contributed by atoms with van der Waals surface area (Å²) in [6.07, 6.45) is 6.22. The Morgan fingerprint density at radius 2 is 2.15 bits per heavy atom. The second-order valence-electron chi connectivity index (χ2n) is 5.85. The molecule has 0 heterocycles. The van der Waals surface area contributed by atoms with Gasteiger partial charge >= 0.3 is 0 Å². The molecule has 2 rings (SSSR count). The van der Waals surface area contributed by atoms with Gasteiger partial charge in [-0.25, -0.2) is 0 Å². The van der Waals surface area contributed by atoms with E-state index >= 15 is 0 Å². The Morgan fingerprint density at radius 3 is 2.95 bits per heavy atom. The molecule has 0 fully saturated rings. The number of nitrogens with one attached hydrogen (secondary N) is 1. The molecule has 1 N–H and O–H groups in total. The molecule has 1 aliphatic carbocycles. The van der Waals surface area contributed by atoms with E-state index < -0.39 is 0 Å². The van der Waals surface area contributed by atoms with Gasteiger partial charge in [0.05, 0.1) is 6.61 Å². The van der Waals surface area contributed by atoms with E-state index in [0.717, 1.165) is 26.2 Å². The van der Waals surface area contributed by atoms with E-state index in [0.29, 0.717) is 12.0 Å². The molecule has 0 aliphatic heterocycles. The minimum Gasteiger partial charge on any atom is -0.380 e. The number of rotatable bonds is 8. The maximum atomic E-state index is 5.76.